The van der Waals surface area contributed by atoms with Gasteiger partial charge >= 0.3 is 0 Å². The van der Waals surface area contributed by atoms with Gasteiger partial charge in [-0.05, 0) is 94.4 Å². The predicted octanol–water partition coefficient (Wildman–Crippen LogP) is 4.80. The number of amides is 2. The fraction of sp³-hybridized carbons (Fsp3) is 0.552. The molecule has 1 spiro atoms. The van der Waals surface area contributed by atoms with Gasteiger partial charge in [-0.1, -0.05) is 23.8 Å². The van der Waals surface area contributed by atoms with Crippen molar-refractivity contribution in [3.8, 4) is 0 Å². The van der Waals surface area contributed by atoms with Crippen LogP contribution in [0.2, 0.25) is 0 Å². The van der Waals surface area contributed by atoms with Gasteiger partial charge in [-0.15, -0.1) is 0 Å². The summed E-state index contributed by atoms with van der Waals surface area (Å²) in [6.07, 6.45) is 11.2. The highest BCUT2D eigenvalue weighted by Gasteiger charge is 2.58. The zero-order valence-corrected chi connectivity index (χ0v) is 21.2. The lowest BCUT2D eigenvalue weighted by molar-refractivity contribution is -0.123. The van der Waals surface area contributed by atoms with E-state index in [9.17, 15) is 9.59 Å². The topological polar surface area (TPSA) is 67.2 Å². The molecule has 6 heteroatoms. The highest BCUT2D eigenvalue weighted by Crippen LogP contribution is 2.59. The second-order valence-corrected chi connectivity index (χ2v) is 10.8. The van der Waals surface area contributed by atoms with E-state index < -0.39 is 0 Å². The molecule has 3 aliphatic rings. The number of allylic oxidation sites excluding steroid dienone is 1. The van der Waals surface area contributed by atoms with Crippen LogP contribution in [0.1, 0.15) is 78.7 Å². The maximum Gasteiger partial charge on any atom is 0.253 e. The molecule has 35 heavy (non-hydrogen) atoms. The van der Waals surface area contributed by atoms with E-state index in [-0.39, 0.29) is 23.1 Å². The Morgan fingerprint density at radius 3 is 2.54 bits per heavy atom. The molecule has 1 saturated heterocycles. The van der Waals surface area contributed by atoms with Crippen LogP contribution in [-0.4, -0.2) is 46.1 Å². The monoisotopic (exact) mass is 474 g/mol. The third-order valence-electron chi connectivity index (χ3n) is 8.32. The minimum absolute atomic E-state index is 0.0972. The summed E-state index contributed by atoms with van der Waals surface area (Å²) in [6.45, 7) is 7.01. The van der Waals surface area contributed by atoms with Gasteiger partial charge < -0.3 is 10.2 Å². The van der Waals surface area contributed by atoms with Crippen molar-refractivity contribution in [2.24, 2.45) is 11.3 Å². The van der Waals surface area contributed by atoms with Crippen molar-refractivity contribution >= 4 is 11.8 Å². The van der Waals surface area contributed by atoms with Crippen molar-refractivity contribution in [2.45, 2.75) is 71.8 Å². The lowest BCUT2D eigenvalue weighted by Gasteiger charge is -2.33. The number of carbonyl (C=O) groups excluding carboxylic acids is 2. The Bertz CT molecular complexity index is 1110. The summed E-state index contributed by atoms with van der Waals surface area (Å²) in [4.78, 5) is 27.8. The highest BCUT2D eigenvalue weighted by atomic mass is 16.2. The lowest BCUT2D eigenvalue weighted by atomic mass is 9.90. The second kappa shape index (κ2) is 10.00. The first-order valence-corrected chi connectivity index (χ1v) is 13.3. The maximum absolute atomic E-state index is 13.1. The van der Waals surface area contributed by atoms with Gasteiger partial charge in [0, 0.05) is 36.8 Å². The van der Waals surface area contributed by atoms with Crippen LogP contribution >= 0.6 is 0 Å². The predicted molar refractivity (Wildman–Crippen MR) is 137 cm³/mol. The van der Waals surface area contributed by atoms with Crippen LogP contribution in [0, 0.1) is 25.2 Å². The summed E-state index contributed by atoms with van der Waals surface area (Å²) in [5, 5.41) is 7.71. The van der Waals surface area contributed by atoms with Crippen LogP contribution < -0.4 is 5.32 Å². The van der Waals surface area contributed by atoms with Crippen molar-refractivity contribution in [1.29, 1.82) is 0 Å². The number of hydrogen-bond acceptors (Lipinski definition) is 3. The molecule has 6 nitrogen and oxygen atoms in total. The number of piperidine rings is 1. The molecular weight excluding hydrogens is 436 g/mol. The van der Waals surface area contributed by atoms with E-state index in [4.69, 9.17) is 0 Å². The molecule has 5 rings (SSSR count). The van der Waals surface area contributed by atoms with E-state index in [1.165, 1.54) is 31.3 Å². The Morgan fingerprint density at radius 2 is 1.89 bits per heavy atom. The number of carbonyl (C=O) groups is 2. The van der Waals surface area contributed by atoms with Gasteiger partial charge in [-0.3, -0.25) is 14.3 Å². The van der Waals surface area contributed by atoms with Crippen LogP contribution in [0.5, 0.6) is 0 Å². The number of benzene rings is 1. The molecule has 1 aromatic heterocycles. The standard InChI is InChI=1S/C29H38N4O2/c1-21-18-22(2)33(31-21)20-24-8-10-25(11-9-24)28(35)32-16-13-29(14-17-32)19-26(29)27(34)30-15-12-23-6-4-3-5-7-23/h6,8-11,18,26H,3-5,7,12-17,19-20H2,1-2H3,(H,30,34)/t26-/m0/s1. The minimum Gasteiger partial charge on any atom is -0.356 e. The van der Waals surface area contributed by atoms with Crippen LogP contribution in [-0.2, 0) is 11.3 Å². The number of likely N-dealkylation sites (tertiary alicyclic amines) is 1. The molecule has 1 aliphatic heterocycles. The quantitative estimate of drug-likeness (QED) is 0.587. The molecule has 2 fully saturated rings. The van der Waals surface area contributed by atoms with Crippen molar-refractivity contribution < 1.29 is 9.59 Å². The number of rotatable bonds is 7. The summed E-state index contributed by atoms with van der Waals surface area (Å²) >= 11 is 0. The molecule has 0 bridgehead atoms. The van der Waals surface area contributed by atoms with E-state index >= 15 is 0 Å². The van der Waals surface area contributed by atoms with E-state index in [1.54, 1.807) is 0 Å². The summed E-state index contributed by atoms with van der Waals surface area (Å²) < 4.78 is 1.99. The van der Waals surface area contributed by atoms with Gasteiger partial charge in [0.15, 0.2) is 0 Å². The van der Waals surface area contributed by atoms with Crippen LogP contribution in [0.15, 0.2) is 42.0 Å². The third-order valence-corrected chi connectivity index (χ3v) is 8.32. The van der Waals surface area contributed by atoms with Gasteiger partial charge in [0.2, 0.25) is 5.91 Å². The molecule has 2 aromatic rings. The Balaban J connectivity index is 1.08. The average molecular weight is 475 g/mol. The van der Waals surface area contributed by atoms with Gasteiger partial charge in [0.05, 0.1) is 12.2 Å². The summed E-state index contributed by atoms with van der Waals surface area (Å²) in [6, 6.07) is 10.00. The first-order valence-electron chi connectivity index (χ1n) is 13.3. The summed E-state index contributed by atoms with van der Waals surface area (Å²) in [5.41, 5.74) is 5.66. The summed E-state index contributed by atoms with van der Waals surface area (Å²) in [5.74, 6) is 0.452. The molecular formula is C29H38N4O2. The molecule has 1 atom stereocenters. The first-order chi connectivity index (χ1) is 16.9. The number of nitrogens with one attached hydrogen (secondary N) is 1. The fourth-order valence-corrected chi connectivity index (χ4v) is 5.97. The maximum atomic E-state index is 13.1. The van der Waals surface area contributed by atoms with Crippen molar-refractivity contribution in [3.05, 3.63) is 64.5 Å². The lowest BCUT2D eigenvalue weighted by Crippen LogP contribution is -2.40. The van der Waals surface area contributed by atoms with E-state index in [0.717, 1.165) is 67.8 Å². The van der Waals surface area contributed by atoms with Crippen LogP contribution in [0.25, 0.3) is 0 Å². The number of aryl methyl sites for hydroxylation is 2. The Kier molecular flexibility index (Phi) is 6.81. The average Bonchev–Trinajstić information content (AvgIpc) is 3.47. The van der Waals surface area contributed by atoms with Crippen molar-refractivity contribution in [2.75, 3.05) is 19.6 Å². The Morgan fingerprint density at radius 1 is 1.11 bits per heavy atom. The van der Waals surface area contributed by atoms with E-state index in [0.29, 0.717) is 6.54 Å². The summed E-state index contributed by atoms with van der Waals surface area (Å²) in [7, 11) is 0. The first kappa shape index (κ1) is 23.8. The van der Waals surface area contributed by atoms with E-state index in [1.807, 2.05) is 40.8 Å². The van der Waals surface area contributed by atoms with Gasteiger partial charge in [-0.2, -0.15) is 5.10 Å². The largest absolute Gasteiger partial charge is 0.356 e. The normalized spacial score (nSPS) is 21.0. The molecule has 2 heterocycles. The molecule has 2 aliphatic carbocycles. The van der Waals surface area contributed by atoms with Crippen molar-refractivity contribution in [1.82, 2.24) is 20.0 Å². The molecule has 1 saturated carbocycles. The van der Waals surface area contributed by atoms with Gasteiger partial charge in [-0.25, -0.2) is 0 Å². The zero-order chi connectivity index (χ0) is 24.4. The third kappa shape index (κ3) is 5.36. The molecule has 186 valence electrons. The van der Waals surface area contributed by atoms with Gasteiger partial charge in [0.1, 0.15) is 0 Å². The molecule has 0 radical (unpaired) electrons. The molecule has 1 aromatic carbocycles. The van der Waals surface area contributed by atoms with Gasteiger partial charge in [0.25, 0.3) is 5.91 Å². The Hall–Kier alpha value is -2.89. The number of aromatic nitrogens is 2. The highest BCUT2D eigenvalue weighted by molar-refractivity contribution is 5.94. The minimum atomic E-state index is 0.0972. The van der Waals surface area contributed by atoms with E-state index in [2.05, 4.69) is 29.5 Å². The smallest absolute Gasteiger partial charge is 0.253 e. The van der Waals surface area contributed by atoms with Crippen LogP contribution in [0.3, 0.4) is 0 Å². The molecule has 1 N–H and O–H groups in total. The van der Waals surface area contributed by atoms with Crippen LogP contribution in [0.4, 0.5) is 0 Å². The number of nitrogens with zero attached hydrogens (tertiary/aromatic N) is 3. The zero-order valence-electron chi connectivity index (χ0n) is 21.2. The SMILES string of the molecule is Cc1cc(C)n(Cc2ccc(C(=O)N3CCC4(CC3)C[C@H]4C(=O)NCCC3=CCCCC3)cc2)n1. The number of hydrogen-bond donors (Lipinski definition) is 1. The molecule has 0 unspecified atom stereocenters. The Labute approximate surface area is 208 Å². The second-order valence-electron chi connectivity index (χ2n) is 10.8. The van der Waals surface area contributed by atoms with Crippen molar-refractivity contribution in [3.63, 3.8) is 0 Å². The fourth-order valence-electron chi connectivity index (χ4n) is 5.97. The molecule has 2 amide bonds.